The molecule has 1 aromatic heterocycles. The standard InChI is InChI=1S/C13H11F3N4/c1-20-5-4-18-12(20)8-19-11-3-2-9(7-17)6-10(11)13(14,15)16/h2-6,19H,8H2,1H3. The first-order chi connectivity index (χ1) is 9.41. The van der Waals surface area contributed by atoms with Gasteiger partial charge < -0.3 is 9.88 Å². The van der Waals surface area contributed by atoms with E-state index in [-0.39, 0.29) is 17.8 Å². The number of aryl methyl sites for hydroxylation is 1. The lowest BCUT2D eigenvalue weighted by atomic mass is 10.1. The van der Waals surface area contributed by atoms with Crippen LogP contribution in [0.5, 0.6) is 0 Å². The molecule has 0 saturated heterocycles. The molecule has 7 heteroatoms. The molecule has 0 aliphatic carbocycles. The minimum absolute atomic E-state index is 0.0279. The normalized spacial score (nSPS) is 11.2. The van der Waals surface area contributed by atoms with Gasteiger partial charge in [0.05, 0.1) is 23.7 Å². The molecule has 0 amide bonds. The maximum atomic E-state index is 12.9. The number of rotatable bonds is 3. The van der Waals surface area contributed by atoms with E-state index in [2.05, 4.69) is 10.3 Å². The van der Waals surface area contributed by atoms with Crippen LogP contribution in [0.2, 0.25) is 0 Å². The molecule has 0 radical (unpaired) electrons. The van der Waals surface area contributed by atoms with Crippen molar-refractivity contribution in [1.82, 2.24) is 9.55 Å². The Labute approximate surface area is 113 Å². The van der Waals surface area contributed by atoms with Crippen LogP contribution in [-0.2, 0) is 19.8 Å². The number of anilines is 1. The van der Waals surface area contributed by atoms with Crippen LogP contribution < -0.4 is 5.32 Å². The molecular formula is C13H11F3N4. The van der Waals surface area contributed by atoms with Gasteiger partial charge in [0.2, 0.25) is 0 Å². The quantitative estimate of drug-likeness (QED) is 0.940. The van der Waals surface area contributed by atoms with Gasteiger partial charge in [-0.2, -0.15) is 18.4 Å². The van der Waals surface area contributed by atoms with Crippen LogP contribution in [0.15, 0.2) is 30.6 Å². The third-order valence-electron chi connectivity index (χ3n) is 2.81. The summed E-state index contributed by atoms with van der Waals surface area (Å²) in [5.74, 6) is 0.613. The van der Waals surface area contributed by atoms with E-state index in [1.165, 1.54) is 12.1 Å². The predicted molar refractivity (Wildman–Crippen MR) is 66.7 cm³/mol. The number of nitriles is 1. The average molecular weight is 280 g/mol. The van der Waals surface area contributed by atoms with Crippen molar-refractivity contribution in [2.24, 2.45) is 7.05 Å². The molecule has 0 atom stereocenters. The smallest absolute Gasteiger partial charge is 0.377 e. The topological polar surface area (TPSA) is 53.6 Å². The predicted octanol–water partition coefficient (Wildman–Crippen LogP) is 2.92. The van der Waals surface area contributed by atoms with Crippen LogP contribution in [0.3, 0.4) is 0 Å². The van der Waals surface area contributed by atoms with Crippen LogP contribution in [-0.4, -0.2) is 9.55 Å². The van der Waals surface area contributed by atoms with Gasteiger partial charge in [0, 0.05) is 25.1 Å². The Bertz CT molecular complexity index is 652. The summed E-state index contributed by atoms with van der Waals surface area (Å²) >= 11 is 0. The van der Waals surface area contributed by atoms with Crippen LogP contribution >= 0.6 is 0 Å². The van der Waals surface area contributed by atoms with Crippen LogP contribution in [0.25, 0.3) is 0 Å². The molecular weight excluding hydrogens is 269 g/mol. The summed E-state index contributed by atoms with van der Waals surface area (Å²) < 4.78 is 40.5. The summed E-state index contributed by atoms with van der Waals surface area (Å²) in [6.45, 7) is 0.165. The highest BCUT2D eigenvalue weighted by Gasteiger charge is 2.33. The maximum absolute atomic E-state index is 12.9. The van der Waals surface area contributed by atoms with Gasteiger partial charge in [0.1, 0.15) is 5.82 Å². The van der Waals surface area contributed by atoms with E-state index in [1.54, 1.807) is 30.1 Å². The molecule has 2 aromatic rings. The lowest BCUT2D eigenvalue weighted by Gasteiger charge is -2.14. The Morgan fingerprint density at radius 2 is 2.15 bits per heavy atom. The molecule has 0 unspecified atom stereocenters. The van der Waals surface area contributed by atoms with Crippen molar-refractivity contribution >= 4 is 5.69 Å². The lowest BCUT2D eigenvalue weighted by molar-refractivity contribution is -0.137. The van der Waals surface area contributed by atoms with Gasteiger partial charge >= 0.3 is 6.18 Å². The number of alkyl halides is 3. The third-order valence-corrected chi connectivity index (χ3v) is 2.81. The van der Waals surface area contributed by atoms with E-state index < -0.39 is 11.7 Å². The number of nitrogens with zero attached hydrogens (tertiary/aromatic N) is 3. The van der Waals surface area contributed by atoms with Gasteiger partial charge in [-0.15, -0.1) is 0 Å². The molecule has 0 aliphatic rings. The van der Waals surface area contributed by atoms with E-state index in [9.17, 15) is 13.2 Å². The molecule has 20 heavy (non-hydrogen) atoms. The van der Waals surface area contributed by atoms with Gasteiger partial charge in [0.25, 0.3) is 0 Å². The zero-order chi connectivity index (χ0) is 14.8. The van der Waals surface area contributed by atoms with Gasteiger partial charge in [-0.25, -0.2) is 4.98 Å². The van der Waals surface area contributed by atoms with Crippen LogP contribution in [0.1, 0.15) is 17.0 Å². The third kappa shape index (κ3) is 2.91. The van der Waals surface area contributed by atoms with E-state index in [1.807, 2.05) is 0 Å². The summed E-state index contributed by atoms with van der Waals surface area (Å²) in [5, 5.41) is 11.4. The number of benzene rings is 1. The van der Waals surface area contributed by atoms with E-state index in [4.69, 9.17) is 5.26 Å². The van der Waals surface area contributed by atoms with Crippen molar-refractivity contribution in [2.75, 3.05) is 5.32 Å². The molecule has 0 saturated carbocycles. The Morgan fingerprint density at radius 3 is 2.70 bits per heavy atom. The highest BCUT2D eigenvalue weighted by Crippen LogP contribution is 2.35. The molecule has 0 aliphatic heterocycles. The molecule has 0 fully saturated rings. The summed E-state index contributed by atoms with van der Waals surface area (Å²) in [4.78, 5) is 4.02. The minimum atomic E-state index is -4.52. The van der Waals surface area contributed by atoms with Crippen molar-refractivity contribution in [3.8, 4) is 6.07 Å². The van der Waals surface area contributed by atoms with Gasteiger partial charge in [-0.05, 0) is 18.2 Å². The second-order valence-electron chi connectivity index (χ2n) is 4.18. The van der Waals surface area contributed by atoms with Crippen molar-refractivity contribution in [3.63, 3.8) is 0 Å². The molecule has 104 valence electrons. The van der Waals surface area contributed by atoms with E-state index in [0.717, 1.165) is 6.07 Å². The Balaban J connectivity index is 2.28. The fourth-order valence-corrected chi connectivity index (χ4v) is 1.74. The van der Waals surface area contributed by atoms with Gasteiger partial charge in [-0.3, -0.25) is 0 Å². The highest BCUT2D eigenvalue weighted by molar-refractivity contribution is 5.56. The molecule has 1 N–H and O–H groups in total. The van der Waals surface area contributed by atoms with Crippen LogP contribution in [0, 0.1) is 11.3 Å². The SMILES string of the molecule is Cn1ccnc1CNc1ccc(C#N)cc1C(F)(F)F. The molecule has 0 bridgehead atoms. The van der Waals surface area contributed by atoms with Gasteiger partial charge in [-0.1, -0.05) is 0 Å². The summed E-state index contributed by atoms with van der Waals surface area (Å²) in [6.07, 6.45) is -1.24. The zero-order valence-electron chi connectivity index (χ0n) is 10.6. The lowest BCUT2D eigenvalue weighted by Crippen LogP contribution is -2.12. The summed E-state index contributed by atoms with van der Waals surface area (Å²) in [6, 6.07) is 5.13. The molecule has 1 aromatic carbocycles. The second kappa shape index (κ2) is 5.25. The van der Waals surface area contributed by atoms with Crippen molar-refractivity contribution in [3.05, 3.63) is 47.5 Å². The fraction of sp³-hybridized carbons (Fsp3) is 0.231. The molecule has 4 nitrogen and oxygen atoms in total. The number of nitrogens with one attached hydrogen (secondary N) is 1. The molecule has 2 rings (SSSR count). The summed E-state index contributed by atoms with van der Waals surface area (Å²) in [5.41, 5.74) is -0.954. The Morgan fingerprint density at radius 1 is 1.40 bits per heavy atom. The van der Waals surface area contributed by atoms with Crippen LogP contribution in [0.4, 0.5) is 18.9 Å². The minimum Gasteiger partial charge on any atom is -0.377 e. The second-order valence-corrected chi connectivity index (χ2v) is 4.18. The van der Waals surface area contributed by atoms with Crippen molar-refractivity contribution in [2.45, 2.75) is 12.7 Å². The number of aromatic nitrogens is 2. The highest BCUT2D eigenvalue weighted by atomic mass is 19.4. The first-order valence-electron chi connectivity index (χ1n) is 5.73. The number of imidazole rings is 1. The average Bonchev–Trinajstić information content (AvgIpc) is 2.80. The molecule has 1 heterocycles. The number of hydrogen-bond donors (Lipinski definition) is 1. The number of hydrogen-bond acceptors (Lipinski definition) is 3. The Hall–Kier alpha value is -2.49. The fourth-order valence-electron chi connectivity index (χ4n) is 1.74. The Kier molecular flexibility index (Phi) is 3.66. The number of halogens is 3. The summed E-state index contributed by atoms with van der Waals surface area (Å²) in [7, 11) is 1.76. The van der Waals surface area contributed by atoms with E-state index in [0.29, 0.717) is 5.82 Å². The van der Waals surface area contributed by atoms with Gasteiger partial charge in [0.15, 0.2) is 0 Å². The van der Waals surface area contributed by atoms with Crippen molar-refractivity contribution in [1.29, 1.82) is 5.26 Å². The maximum Gasteiger partial charge on any atom is 0.418 e. The van der Waals surface area contributed by atoms with Crippen molar-refractivity contribution < 1.29 is 13.2 Å². The first-order valence-corrected chi connectivity index (χ1v) is 5.73. The monoisotopic (exact) mass is 280 g/mol. The largest absolute Gasteiger partial charge is 0.418 e. The zero-order valence-corrected chi connectivity index (χ0v) is 10.6. The first kappa shape index (κ1) is 13.9. The molecule has 0 spiro atoms. The van der Waals surface area contributed by atoms with E-state index >= 15 is 0 Å².